The summed E-state index contributed by atoms with van der Waals surface area (Å²) in [4.78, 5) is 7.40. The smallest absolute Gasteiger partial charge is 0.101 e. The molecule has 0 radical (unpaired) electrons. The summed E-state index contributed by atoms with van der Waals surface area (Å²) in [5.41, 5.74) is 7.25. The van der Waals surface area contributed by atoms with E-state index in [1.807, 2.05) is 22.7 Å². The molecule has 0 fully saturated rings. The number of nitrogens with zero attached hydrogens (tertiary/aromatic N) is 2. The molecule has 0 saturated carbocycles. The fourth-order valence-corrected chi connectivity index (χ4v) is 11.8. The maximum atomic E-state index is 2.45. The van der Waals surface area contributed by atoms with Crippen LogP contribution in [-0.2, 0) is 0 Å². The Kier molecular flexibility index (Phi) is 8.29. The van der Waals surface area contributed by atoms with Gasteiger partial charge in [-0.05, 0) is 70.4 Å². The van der Waals surface area contributed by atoms with Crippen LogP contribution < -0.4 is 9.80 Å². The van der Waals surface area contributed by atoms with Crippen molar-refractivity contribution in [2.24, 2.45) is 0 Å². The Labute approximate surface area is 341 Å². The minimum atomic E-state index is 1.19. The molecular formula is C50H32N2S4. The summed E-state index contributed by atoms with van der Waals surface area (Å²) in [5, 5.41) is 14.5. The largest absolute Gasteiger partial charge is 0.300 e. The van der Waals surface area contributed by atoms with Crippen LogP contribution in [0.25, 0.3) is 62.6 Å². The third kappa shape index (κ3) is 5.73. The van der Waals surface area contributed by atoms with Gasteiger partial charge in [0.1, 0.15) is 10.0 Å². The zero-order valence-corrected chi connectivity index (χ0v) is 33.3. The fourth-order valence-electron chi connectivity index (χ4n) is 7.82. The lowest BCUT2D eigenvalue weighted by Gasteiger charge is -2.24. The Hall–Kier alpha value is -6.02. The van der Waals surface area contributed by atoms with Crippen LogP contribution in [0.2, 0.25) is 0 Å². The van der Waals surface area contributed by atoms with E-state index in [9.17, 15) is 0 Å². The number of fused-ring (bicyclic) bond motifs is 4. The number of anilines is 6. The molecule has 0 spiro atoms. The van der Waals surface area contributed by atoms with E-state index in [1.165, 1.54) is 95.4 Å². The molecule has 11 rings (SSSR count). The van der Waals surface area contributed by atoms with Gasteiger partial charge in [0, 0.05) is 51.5 Å². The first-order chi connectivity index (χ1) is 27.8. The molecule has 0 unspecified atom stereocenters. The topological polar surface area (TPSA) is 6.48 Å². The highest BCUT2D eigenvalue weighted by Gasteiger charge is 2.22. The van der Waals surface area contributed by atoms with Gasteiger partial charge in [0.15, 0.2) is 0 Å². The SMILES string of the molecule is c1ccc2c(N(c3ccc(-c4ccc(-c5ccc(N(c6cccc7ccccc67)c6csc7ccccc67)s5)cc4)s3)c3csc4ccccc34)cccc2c1. The van der Waals surface area contributed by atoms with Crippen LogP contribution >= 0.6 is 45.3 Å². The summed E-state index contributed by atoms with van der Waals surface area (Å²) in [5.74, 6) is 0. The van der Waals surface area contributed by atoms with Crippen LogP contribution in [0.4, 0.5) is 32.8 Å². The summed E-state index contributed by atoms with van der Waals surface area (Å²) >= 11 is 7.28. The lowest BCUT2D eigenvalue weighted by molar-refractivity contribution is 1.36. The Morgan fingerprint density at radius 3 is 1.16 bits per heavy atom. The van der Waals surface area contributed by atoms with Gasteiger partial charge in [0.2, 0.25) is 0 Å². The molecule has 0 saturated heterocycles. The van der Waals surface area contributed by atoms with Crippen molar-refractivity contribution in [3.05, 3.63) is 193 Å². The molecular weight excluding hydrogens is 757 g/mol. The van der Waals surface area contributed by atoms with Crippen LogP contribution in [0.15, 0.2) is 193 Å². The average Bonchev–Trinajstić information content (AvgIpc) is 4.10. The van der Waals surface area contributed by atoms with E-state index in [1.54, 1.807) is 22.7 Å². The van der Waals surface area contributed by atoms with Crippen molar-refractivity contribution in [3.63, 3.8) is 0 Å². The molecule has 0 bridgehead atoms. The summed E-state index contributed by atoms with van der Waals surface area (Å²) in [6, 6.07) is 66.3. The number of thiophene rings is 4. The first-order valence-corrected chi connectivity index (χ1v) is 21.9. The van der Waals surface area contributed by atoms with E-state index < -0.39 is 0 Å². The van der Waals surface area contributed by atoms with Gasteiger partial charge in [0.05, 0.1) is 22.7 Å². The van der Waals surface area contributed by atoms with Gasteiger partial charge >= 0.3 is 0 Å². The number of hydrogen-bond acceptors (Lipinski definition) is 6. The Balaban J connectivity index is 0.954. The molecule has 0 amide bonds. The highest BCUT2D eigenvalue weighted by Crippen LogP contribution is 2.50. The van der Waals surface area contributed by atoms with E-state index in [0.717, 1.165) is 0 Å². The molecule has 11 aromatic rings. The Morgan fingerprint density at radius 2 is 0.696 bits per heavy atom. The van der Waals surface area contributed by atoms with Crippen molar-refractivity contribution in [1.82, 2.24) is 0 Å². The predicted molar refractivity (Wildman–Crippen MR) is 248 cm³/mol. The fraction of sp³-hybridized carbons (Fsp3) is 0. The predicted octanol–water partition coefficient (Wildman–Crippen LogP) is 16.8. The van der Waals surface area contributed by atoms with Crippen molar-refractivity contribution in [2.75, 3.05) is 9.80 Å². The summed E-state index contributed by atoms with van der Waals surface area (Å²) in [6.07, 6.45) is 0. The lowest BCUT2D eigenvalue weighted by atomic mass is 10.1. The molecule has 6 heteroatoms. The number of hydrogen-bond donors (Lipinski definition) is 0. The van der Waals surface area contributed by atoms with E-state index in [-0.39, 0.29) is 0 Å². The number of rotatable bonds is 8. The van der Waals surface area contributed by atoms with Crippen molar-refractivity contribution in [2.45, 2.75) is 0 Å². The van der Waals surface area contributed by atoms with Gasteiger partial charge in [-0.2, -0.15) is 0 Å². The standard InChI is InChI=1S/C50H32N2S4/c1-3-15-37-33(11-1)13-9-19-41(37)51(43-31-53-47-21-7-5-17-39(43)47)49-29-27-45(55-49)35-23-25-36(26-24-35)46-28-30-50(56-46)52(44-32-54-48-22-8-6-18-40(44)48)42-20-10-14-34-12-2-4-16-38(34)42/h1-32H. The van der Waals surface area contributed by atoms with E-state index >= 15 is 0 Å². The molecule has 4 aromatic heterocycles. The van der Waals surface area contributed by atoms with E-state index in [2.05, 4.69) is 203 Å². The van der Waals surface area contributed by atoms with Gasteiger partial charge in [0.25, 0.3) is 0 Å². The second kappa shape index (κ2) is 13.9. The van der Waals surface area contributed by atoms with Crippen LogP contribution in [-0.4, -0.2) is 0 Å². The Morgan fingerprint density at radius 1 is 0.304 bits per heavy atom. The van der Waals surface area contributed by atoms with Crippen molar-refractivity contribution in [3.8, 4) is 20.9 Å². The van der Waals surface area contributed by atoms with Crippen LogP contribution in [0.5, 0.6) is 0 Å². The third-order valence-corrected chi connectivity index (χ3v) is 14.6. The zero-order chi connectivity index (χ0) is 37.0. The first-order valence-electron chi connectivity index (χ1n) is 18.6. The summed E-state index contributed by atoms with van der Waals surface area (Å²) in [6.45, 7) is 0. The van der Waals surface area contributed by atoms with Gasteiger partial charge < -0.3 is 0 Å². The number of benzene rings is 7. The molecule has 0 aliphatic heterocycles. The molecule has 0 atom stereocenters. The summed E-state index contributed by atoms with van der Waals surface area (Å²) in [7, 11) is 0. The van der Waals surface area contributed by atoms with E-state index in [4.69, 9.17) is 0 Å². The molecule has 0 N–H and O–H groups in total. The highest BCUT2D eigenvalue weighted by atomic mass is 32.1. The minimum absolute atomic E-state index is 1.19. The molecule has 7 aromatic carbocycles. The van der Waals surface area contributed by atoms with Crippen molar-refractivity contribution >= 4 is 120 Å². The quantitative estimate of drug-likeness (QED) is 0.151. The van der Waals surface area contributed by atoms with E-state index in [0.29, 0.717) is 0 Å². The van der Waals surface area contributed by atoms with Crippen LogP contribution in [0.3, 0.4) is 0 Å². The van der Waals surface area contributed by atoms with Gasteiger partial charge in [-0.15, -0.1) is 45.3 Å². The maximum absolute atomic E-state index is 2.45. The zero-order valence-electron chi connectivity index (χ0n) is 30.0. The van der Waals surface area contributed by atoms with Crippen molar-refractivity contribution < 1.29 is 0 Å². The maximum Gasteiger partial charge on any atom is 0.101 e. The van der Waals surface area contributed by atoms with Crippen molar-refractivity contribution in [1.29, 1.82) is 0 Å². The molecule has 4 heterocycles. The van der Waals surface area contributed by atoms with Crippen LogP contribution in [0, 0.1) is 0 Å². The lowest BCUT2D eigenvalue weighted by Crippen LogP contribution is -2.08. The third-order valence-electron chi connectivity index (χ3n) is 10.5. The first kappa shape index (κ1) is 33.3. The second-order valence-electron chi connectivity index (χ2n) is 13.8. The average molecular weight is 789 g/mol. The van der Waals surface area contributed by atoms with Gasteiger partial charge in [-0.3, -0.25) is 9.80 Å². The summed E-state index contributed by atoms with van der Waals surface area (Å²) < 4.78 is 2.58. The molecule has 266 valence electrons. The molecule has 2 nitrogen and oxygen atoms in total. The molecule has 56 heavy (non-hydrogen) atoms. The van der Waals surface area contributed by atoms with Gasteiger partial charge in [-0.1, -0.05) is 133 Å². The minimum Gasteiger partial charge on any atom is -0.300 e. The second-order valence-corrected chi connectivity index (χ2v) is 17.7. The monoisotopic (exact) mass is 788 g/mol. The highest BCUT2D eigenvalue weighted by molar-refractivity contribution is 7.20. The van der Waals surface area contributed by atoms with Crippen LogP contribution in [0.1, 0.15) is 0 Å². The van der Waals surface area contributed by atoms with Gasteiger partial charge in [-0.25, -0.2) is 0 Å². The normalized spacial score (nSPS) is 11.6. The molecule has 0 aliphatic rings. The Bertz CT molecular complexity index is 2960. The molecule has 0 aliphatic carbocycles.